The minimum absolute atomic E-state index is 0.0490. The average molecular weight is 435 g/mol. The standard InChI is InChI=1S/C19H19BrN2OS2/c1-22(12-14-6-3-5-9-17(14)20)18(23)16-8-4-2-7-15(16)13-25-19-21-10-11-24-19/h2-9H,10-13H2,1H3. The topological polar surface area (TPSA) is 32.7 Å². The van der Waals surface area contributed by atoms with Crippen molar-refractivity contribution in [2.45, 2.75) is 12.3 Å². The summed E-state index contributed by atoms with van der Waals surface area (Å²) in [5, 5.41) is 0. The quantitative estimate of drug-likeness (QED) is 0.659. The molecule has 2 aromatic rings. The maximum Gasteiger partial charge on any atom is 0.254 e. The summed E-state index contributed by atoms with van der Waals surface area (Å²) in [6.07, 6.45) is 0. The summed E-state index contributed by atoms with van der Waals surface area (Å²) < 4.78 is 2.15. The Bertz CT molecular complexity index is 794. The summed E-state index contributed by atoms with van der Waals surface area (Å²) in [4.78, 5) is 19.2. The Labute approximate surface area is 165 Å². The molecule has 0 aliphatic carbocycles. The highest BCUT2D eigenvalue weighted by molar-refractivity contribution is 9.10. The van der Waals surface area contributed by atoms with E-state index in [0.29, 0.717) is 6.54 Å². The van der Waals surface area contributed by atoms with Crippen LogP contribution in [0.15, 0.2) is 58.0 Å². The predicted molar refractivity (Wildman–Crippen MR) is 112 cm³/mol. The third kappa shape index (κ3) is 4.90. The Morgan fingerprint density at radius 2 is 1.92 bits per heavy atom. The molecule has 25 heavy (non-hydrogen) atoms. The van der Waals surface area contributed by atoms with Crippen LogP contribution in [-0.4, -0.2) is 34.5 Å². The van der Waals surface area contributed by atoms with Gasteiger partial charge in [-0.25, -0.2) is 0 Å². The van der Waals surface area contributed by atoms with E-state index in [4.69, 9.17) is 0 Å². The zero-order chi connectivity index (χ0) is 17.6. The lowest BCUT2D eigenvalue weighted by molar-refractivity contribution is 0.0784. The predicted octanol–water partition coefficient (Wildman–Crippen LogP) is 5.06. The van der Waals surface area contributed by atoms with Crippen LogP contribution in [0.5, 0.6) is 0 Å². The largest absolute Gasteiger partial charge is 0.337 e. The van der Waals surface area contributed by atoms with Crippen molar-refractivity contribution in [2.75, 3.05) is 19.3 Å². The van der Waals surface area contributed by atoms with Crippen molar-refractivity contribution >= 4 is 49.7 Å². The fraction of sp³-hybridized carbons (Fsp3) is 0.263. The van der Waals surface area contributed by atoms with E-state index in [0.717, 1.165) is 43.6 Å². The molecule has 1 aliphatic heterocycles. The van der Waals surface area contributed by atoms with Gasteiger partial charge >= 0.3 is 0 Å². The molecule has 0 N–H and O–H groups in total. The van der Waals surface area contributed by atoms with E-state index in [-0.39, 0.29) is 5.91 Å². The Kier molecular flexibility index (Phi) is 6.62. The molecule has 1 amide bonds. The molecular formula is C19H19BrN2OS2. The zero-order valence-electron chi connectivity index (χ0n) is 13.9. The molecule has 2 aromatic carbocycles. The first-order valence-electron chi connectivity index (χ1n) is 8.02. The maximum atomic E-state index is 12.9. The molecule has 0 atom stereocenters. The number of halogens is 1. The van der Waals surface area contributed by atoms with Gasteiger partial charge in [0.1, 0.15) is 4.38 Å². The third-order valence-electron chi connectivity index (χ3n) is 3.87. The zero-order valence-corrected chi connectivity index (χ0v) is 17.2. The van der Waals surface area contributed by atoms with Gasteiger partial charge in [0.2, 0.25) is 0 Å². The fourth-order valence-corrected chi connectivity index (χ4v) is 4.98. The number of thioether (sulfide) groups is 2. The van der Waals surface area contributed by atoms with Crippen LogP contribution in [0.25, 0.3) is 0 Å². The molecule has 1 heterocycles. The SMILES string of the molecule is CN(Cc1ccccc1Br)C(=O)c1ccccc1CSC1=NCCS1. The number of amides is 1. The second-order valence-electron chi connectivity index (χ2n) is 5.69. The van der Waals surface area contributed by atoms with Gasteiger partial charge in [0.15, 0.2) is 0 Å². The minimum Gasteiger partial charge on any atom is -0.337 e. The van der Waals surface area contributed by atoms with Gasteiger partial charge in [-0.3, -0.25) is 9.79 Å². The highest BCUT2D eigenvalue weighted by Crippen LogP contribution is 2.27. The van der Waals surface area contributed by atoms with Crippen LogP contribution in [0.3, 0.4) is 0 Å². The van der Waals surface area contributed by atoms with Crippen LogP contribution in [0.1, 0.15) is 21.5 Å². The van der Waals surface area contributed by atoms with E-state index >= 15 is 0 Å². The van der Waals surface area contributed by atoms with Gasteiger partial charge in [-0.15, -0.1) is 0 Å². The van der Waals surface area contributed by atoms with Gasteiger partial charge in [-0.05, 0) is 23.3 Å². The van der Waals surface area contributed by atoms with Gasteiger partial charge in [0.25, 0.3) is 5.91 Å². The smallest absolute Gasteiger partial charge is 0.254 e. The van der Waals surface area contributed by atoms with Crippen LogP contribution in [-0.2, 0) is 12.3 Å². The normalized spacial score (nSPS) is 13.6. The minimum atomic E-state index is 0.0490. The number of aliphatic imine (C=N–C) groups is 1. The molecule has 3 rings (SSSR count). The molecule has 0 aromatic heterocycles. The van der Waals surface area contributed by atoms with E-state index in [1.54, 1.807) is 28.4 Å². The summed E-state index contributed by atoms with van der Waals surface area (Å²) >= 11 is 7.07. The molecule has 0 unspecified atom stereocenters. The second-order valence-corrected chi connectivity index (χ2v) is 8.85. The average Bonchev–Trinajstić information content (AvgIpc) is 3.15. The first kappa shape index (κ1) is 18.5. The molecule has 3 nitrogen and oxygen atoms in total. The van der Waals surface area contributed by atoms with Crippen molar-refractivity contribution in [1.29, 1.82) is 0 Å². The van der Waals surface area contributed by atoms with Gasteiger partial charge in [0, 0.05) is 35.1 Å². The summed E-state index contributed by atoms with van der Waals surface area (Å²) in [6.45, 7) is 1.48. The van der Waals surface area contributed by atoms with Crippen molar-refractivity contribution < 1.29 is 4.79 Å². The molecule has 6 heteroatoms. The molecule has 0 bridgehead atoms. The van der Waals surface area contributed by atoms with Gasteiger partial charge in [-0.1, -0.05) is 75.9 Å². The number of carbonyl (C=O) groups is 1. The third-order valence-corrected chi connectivity index (χ3v) is 6.94. The number of carbonyl (C=O) groups excluding carboxylic acids is 1. The van der Waals surface area contributed by atoms with E-state index < -0.39 is 0 Å². The fourth-order valence-electron chi connectivity index (χ4n) is 2.56. The Balaban J connectivity index is 1.71. The summed E-state index contributed by atoms with van der Waals surface area (Å²) in [5.41, 5.74) is 2.93. The van der Waals surface area contributed by atoms with Crippen molar-refractivity contribution in [3.63, 3.8) is 0 Å². The van der Waals surface area contributed by atoms with E-state index in [1.807, 2.05) is 55.6 Å². The van der Waals surface area contributed by atoms with E-state index in [1.165, 1.54) is 0 Å². The maximum absolute atomic E-state index is 12.9. The van der Waals surface area contributed by atoms with Crippen molar-refractivity contribution in [2.24, 2.45) is 4.99 Å². The molecule has 0 saturated heterocycles. The van der Waals surface area contributed by atoms with Crippen LogP contribution in [0.4, 0.5) is 0 Å². The van der Waals surface area contributed by atoms with Crippen molar-refractivity contribution in [3.8, 4) is 0 Å². The highest BCUT2D eigenvalue weighted by atomic mass is 79.9. The van der Waals surface area contributed by atoms with E-state index in [9.17, 15) is 4.79 Å². The molecule has 130 valence electrons. The number of hydrogen-bond donors (Lipinski definition) is 0. The van der Waals surface area contributed by atoms with Gasteiger partial charge in [0.05, 0.1) is 6.54 Å². The van der Waals surface area contributed by atoms with Crippen LogP contribution >= 0.6 is 39.5 Å². The first-order valence-corrected chi connectivity index (χ1v) is 10.8. The van der Waals surface area contributed by atoms with Crippen molar-refractivity contribution in [1.82, 2.24) is 4.90 Å². The van der Waals surface area contributed by atoms with Crippen molar-refractivity contribution in [3.05, 3.63) is 69.7 Å². The van der Waals surface area contributed by atoms with Gasteiger partial charge in [-0.2, -0.15) is 0 Å². The second kappa shape index (κ2) is 8.92. The van der Waals surface area contributed by atoms with Crippen LogP contribution in [0, 0.1) is 0 Å². The molecule has 0 saturated carbocycles. The molecular weight excluding hydrogens is 416 g/mol. The summed E-state index contributed by atoms with van der Waals surface area (Å²) in [5.74, 6) is 1.89. The molecule has 0 spiro atoms. The molecule has 0 fully saturated rings. The van der Waals surface area contributed by atoms with Gasteiger partial charge < -0.3 is 4.90 Å². The molecule has 1 aliphatic rings. The number of rotatable bonds is 5. The van der Waals surface area contributed by atoms with E-state index in [2.05, 4.69) is 20.9 Å². The Morgan fingerprint density at radius 3 is 2.64 bits per heavy atom. The molecule has 0 radical (unpaired) electrons. The lowest BCUT2D eigenvalue weighted by atomic mass is 10.1. The highest BCUT2D eigenvalue weighted by Gasteiger charge is 2.17. The lowest BCUT2D eigenvalue weighted by Crippen LogP contribution is -2.27. The number of benzene rings is 2. The Morgan fingerprint density at radius 1 is 1.20 bits per heavy atom. The van der Waals surface area contributed by atoms with Crippen LogP contribution in [0.2, 0.25) is 0 Å². The number of hydrogen-bond acceptors (Lipinski definition) is 4. The van der Waals surface area contributed by atoms with Crippen LogP contribution < -0.4 is 0 Å². The lowest BCUT2D eigenvalue weighted by Gasteiger charge is -2.20. The summed E-state index contributed by atoms with van der Waals surface area (Å²) in [7, 11) is 1.85. The monoisotopic (exact) mass is 434 g/mol. The first-order chi connectivity index (χ1) is 12.1. The number of nitrogens with zero attached hydrogens (tertiary/aromatic N) is 2. The summed E-state index contributed by atoms with van der Waals surface area (Å²) in [6, 6.07) is 15.9. The Hall–Kier alpha value is -1.24.